The normalized spacial score (nSPS) is 10.3. The zero-order valence-corrected chi connectivity index (χ0v) is 21.4. The number of thioether (sulfide) groups is 1. The fourth-order valence-corrected chi connectivity index (χ4v) is 3.86. The second kappa shape index (κ2) is 12.2. The van der Waals surface area contributed by atoms with Crippen LogP contribution < -0.4 is 10.6 Å². The highest BCUT2D eigenvalue weighted by Crippen LogP contribution is 2.26. The average Bonchev–Trinajstić information content (AvgIpc) is 2.88. The van der Waals surface area contributed by atoms with Gasteiger partial charge in [-0.3, -0.25) is 19.8 Å². The molecule has 36 heavy (non-hydrogen) atoms. The molecule has 0 unspecified atom stereocenters. The third kappa shape index (κ3) is 7.06. The third-order valence-electron chi connectivity index (χ3n) is 4.90. The van der Waals surface area contributed by atoms with Crippen LogP contribution in [0.4, 0.5) is 11.5 Å². The number of pyridine rings is 1. The maximum atomic E-state index is 13.1. The molecule has 1 heterocycles. The number of amides is 2. The number of nitrogens with zero attached hydrogens (tertiary/aromatic N) is 2. The summed E-state index contributed by atoms with van der Waals surface area (Å²) in [6.07, 6.45) is 1.40. The Bertz CT molecular complexity index is 1280. The largest absolute Gasteiger partial charge is 0.468 e. The number of rotatable bonds is 8. The van der Waals surface area contributed by atoms with Crippen molar-refractivity contribution in [2.45, 2.75) is 4.90 Å². The van der Waals surface area contributed by atoms with Crippen LogP contribution in [0.25, 0.3) is 0 Å². The van der Waals surface area contributed by atoms with Crippen LogP contribution in [0.5, 0.6) is 0 Å². The number of halogens is 1. The first-order valence-corrected chi connectivity index (χ1v) is 12.0. The molecule has 2 aromatic carbocycles. The summed E-state index contributed by atoms with van der Waals surface area (Å²) in [5.74, 6) is -0.664. The molecular weight excluding hydrogens is 502 g/mol. The van der Waals surface area contributed by atoms with E-state index in [0.717, 1.165) is 0 Å². The maximum Gasteiger partial charge on any atom is 0.315 e. The number of amidine groups is 1. The fourth-order valence-electron chi connectivity index (χ4n) is 2.98. The molecule has 0 aliphatic rings. The van der Waals surface area contributed by atoms with E-state index in [9.17, 15) is 14.4 Å². The highest BCUT2D eigenvalue weighted by molar-refractivity contribution is 8.00. The minimum atomic E-state index is -0.504. The van der Waals surface area contributed by atoms with Crippen molar-refractivity contribution in [3.63, 3.8) is 0 Å². The van der Waals surface area contributed by atoms with Crippen molar-refractivity contribution in [3.8, 4) is 0 Å². The number of hydrogen-bond donors (Lipinski definition) is 3. The summed E-state index contributed by atoms with van der Waals surface area (Å²) in [5.41, 5.74) is 1.49. The topological polar surface area (TPSA) is 124 Å². The standard InChI is InChI=1S/C25H24ClN5O4S/c1-31(2)23(27)15-4-6-16(7-5-15)24(33)29-20-10-9-18(36-14-22(32)35-3)12-19(20)25(34)30-21-11-8-17(26)13-28-21/h4-13,27H,14H2,1-3H3,(H,29,33)(H,28,30,34). The Morgan fingerprint density at radius 2 is 1.69 bits per heavy atom. The smallest absolute Gasteiger partial charge is 0.315 e. The van der Waals surface area contributed by atoms with Crippen molar-refractivity contribution in [2.75, 3.05) is 37.6 Å². The highest BCUT2D eigenvalue weighted by atomic mass is 35.5. The first-order valence-electron chi connectivity index (χ1n) is 10.6. The molecule has 0 saturated carbocycles. The third-order valence-corrected chi connectivity index (χ3v) is 6.10. The first kappa shape index (κ1) is 26.7. The number of nitrogens with one attached hydrogen (secondary N) is 3. The number of ether oxygens (including phenoxy) is 1. The van der Waals surface area contributed by atoms with E-state index in [1.54, 1.807) is 73.6 Å². The lowest BCUT2D eigenvalue weighted by molar-refractivity contribution is -0.137. The van der Waals surface area contributed by atoms with Gasteiger partial charge in [0.05, 0.1) is 29.1 Å². The van der Waals surface area contributed by atoms with Gasteiger partial charge in [-0.05, 0) is 42.5 Å². The number of esters is 1. The van der Waals surface area contributed by atoms with Gasteiger partial charge in [-0.25, -0.2) is 4.98 Å². The molecule has 3 aromatic rings. The molecular formula is C25H24ClN5O4S. The van der Waals surface area contributed by atoms with Crippen molar-refractivity contribution < 1.29 is 19.1 Å². The number of methoxy groups -OCH3 is 1. The van der Waals surface area contributed by atoms with Gasteiger partial charge in [0.15, 0.2) is 0 Å². The Balaban J connectivity index is 1.85. The molecule has 2 amide bonds. The van der Waals surface area contributed by atoms with Crippen LogP contribution in [-0.4, -0.2) is 60.5 Å². The molecule has 0 aliphatic carbocycles. The molecule has 0 bridgehead atoms. The predicted octanol–water partition coefficient (Wildman–Crippen LogP) is 4.39. The molecule has 0 aliphatic heterocycles. The lowest BCUT2D eigenvalue weighted by Crippen LogP contribution is -2.22. The van der Waals surface area contributed by atoms with Crippen LogP contribution in [0.3, 0.4) is 0 Å². The molecule has 0 atom stereocenters. The van der Waals surface area contributed by atoms with E-state index in [-0.39, 0.29) is 22.8 Å². The van der Waals surface area contributed by atoms with Gasteiger partial charge in [0.25, 0.3) is 11.8 Å². The van der Waals surface area contributed by atoms with E-state index in [1.165, 1.54) is 25.1 Å². The van der Waals surface area contributed by atoms with E-state index >= 15 is 0 Å². The fraction of sp³-hybridized carbons (Fsp3) is 0.160. The molecule has 3 N–H and O–H groups in total. The van der Waals surface area contributed by atoms with Crippen molar-refractivity contribution in [3.05, 3.63) is 82.5 Å². The molecule has 9 nitrogen and oxygen atoms in total. The summed E-state index contributed by atoms with van der Waals surface area (Å²) in [6.45, 7) is 0. The molecule has 186 valence electrons. The number of carbonyl (C=O) groups excluding carboxylic acids is 3. The van der Waals surface area contributed by atoms with Gasteiger partial charge in [-0.1, -0.05) is 23.7 Å². The van der Waals surface area contributed by atoms with Gasteiger partial charge in [0, 0.05) is 36.3 Å². The molecule has 0 spiro atoms. The van der Waals surface area contributed by atoms with E-state index < -0.39 is 17.8 Å². The number of hydrogen-bond acceptors (Lipinski definition) is 7. The Hall–Kier alpha value is -3.89. The van der Waals surface area contributed by atoms with Gasteiger partial charge in [0.1, 0.15) is 11.7 Å². The van der Waals surface area contributed by atoms with Gasteiger partial charge in [0.2, 0.25) is 0 Å². The predicted molar refractivity (Wildman–Crippen MR) is 141 cm³/mol. The van der Waals surface area contributed by atoms with Crippen LogP contribution in [0.2, 0.25) is 5.02 Å². The SMILES string of the molecule is COC(=O)CSc1ccc(NC(=O)c2ccc(C(=N)N(C)C)cc2)c(C(=O)Nc2ccc(Cl)cn2)c1. The van der Waals surface area contributed by atoms with E-state index in [0.29, 0.717) is 26.9 Å². The average molecular weight is 526 g/mol. The summed E-state index contributed by atoms with van der Waals surface area (Å²) >= 11 is 7.06. The van der Waals surface area contributed by atoms with Crippen LogP contribution in [-0.2, 0) is 9.53 Å². The second-order valence-corrected chi connectivity index (χ2v) is 9.15. The van der Waals surface area contributed by atoms with Crippen molar-refractivity contribution in [1.82, 2.24) is 9.88 Å². The quantitative estimate of drug-likeness (QED) is 0.172. The summed E-state index contributed by atoms with van der Waals surface area (Å²) in [5, 5.41) is 13.9. The minimum Gasteiger partial charge on any atom is -0.468 e. The Morgan fingerprint density at radius 3 is 2.31 bits per heavy atom. The van der Waals surface area contributed by atoms with Crippen LogP contribution in [0, 0.1) is 5.41 Å². The van der Waals surface area contributed by atoms with Gasteiger partial charge >= 0.3 is 5.97 Å². The monoisotopic (exact) mass is 525 g/mol. The van der Waals surface area contributed by atoms with Crippen molar-refractivity contribution >= 4 is 58.5 Å². The lowest BCUT2D eigenvalue weighted by atomic mass is 10.1. The second-order valence-electron chi connectivity index (χ2n) is 7.66. The van der Waals surface area contributed by atoms with E-state index in [4.69, 9.17) is 17.0 Å². The Morgan fingerprint density at radius 1 is 1.00 bits per heavy atom. The minimum absolute atomic E-state index is 0.0658. The molecule has 0 radical (unpaired) electrons. The number of benzene rings is 2. The zero-order chi connectivity index (χ0) is 26.2. The van der Waals surface area contributed by atoms with E-state index in [1.807, 2.05) is 0 Å². The van der Waals surface area contributed by atoms with Gasteiger partial charge in [-0.2, -0.15) is 0 Å². The van der Waals surface area contributed by atoms with Gasteiger partial charge in [-0.15, -0.1) is 11.8 Å². The molecule has 0 fully saturated rings. The number of anilines is 2. The lowest BCUT2D eigenvalue weighted by Gasteiger charge is -2.15. The molecule has 11 heteroatoms. The van der Waals surface area contributed by atoms with Gasteiger partial charge < -0.3 is 20.3 Å². The van der Waals surface area contributed by atoms with Crippen molar-refractivity contribution in [1.29, 1.82) is 5.41 Å². The molecule has 1 aromatic heterocycles. The van der Waals surface area contributed by atoms with Crippen LogP contribution in [0.15, 0.2) is 65.7 Å². The Kier molecular flexibility index (Phi) is 9.04. The van der Waals surface area contributed by atoms with Crippen LogP contribution >= 0.6 is 23.4 Å². The number of aromatic nitrogens is 1. The number of carbonyl (C=O) groups is 3. The zero-order valence-electron chi connectivity index (χ0n) is 19.8. The first-order chi connectivity index (χ1) is 17.2. The highest BCUT2D eigenvalue weighted by Gasteiger charge is 2.17. The Labute approximate surface area is 217 Å². The molecule has 0 saturated heterocycles. The summed E-state index contributed by atoms with van der Waals surface area (Å²) in [4.78, 5) is 43.9. The summed E-state index contributed by atoms with van der Waals surface area (Å²) in [7, 11) is 4.83. The summed E-state index contributed by atoms with van der Waals surface area (Å²) in [6, 6.07) is 14.6. The molecule has 3 rings (SSSR count). The maximum absolute atomic E-state index is 13.1. The van der Waals surface area contributed by atoms with E-state index in [2.05, 4.69) is 20.4 Å². The summed E-state index contributed by atoms with van der Waals surface area (Å²) < 4.78 is 4.67. The van der Waals surface area contributed by atoms with Crippen LogP contribution in [0.1, 0.15) is 26.3 Å². The van der Waals surface area contributed by atoms with Crippen molar-refractivity contribution in [2.24, 2.45) is 0 Å².